The van der Waals surface area contributed by atoms with Gasteiger partial charge < -0.3 is 10.5 Å². The Labute approximate surface area is 280 Å². The number of allylic oxidation sites excluding steroid dienone is 1. The first-order chi connectivity index (χ1) is 21.6. The number of fused-ring (bicyclic) bond motifs is 7. The van der Waals surface area contributed by atoms with Crippen molar-refractivity contribution in [1.82, 2.24) is 5.32 Å². The van der Waals surface area contributed by atoms with E-state index in [-0.39, 0.29) is 51.5 Å². The highest BCUT2D eigenvalue weighted by atomic mass is 16.5. The predicted octanol–water partition coefficient (Wildman–Crippen LogP) is 8.52. The van der Waals surface area contributed by atoms with Crippen LogP contribution in [0, 0.1) is 56.7 Å². The van der Waals surface area contributed by atoms with E-state index in [0.29, 0.717) is 30.1 Å². The molecule has 6 heteroatoms. The van der Waals surface area contributed by atoms with Crippen molar-refractivity contribution < 1.29 is 19.1 Å². The topological polar surface area (TPSA) is 98.5 Å². The number of nitrogens with one attached hydrogen (secondary N) is 1. The Morgan fingerprint density at radius 2 is 1.48 bits per heavy atom. The summed E-state index contributed by atoms with van der Waals surface area (Å²) in [4.78, 5) is 39.4. The molecule has 5 fully saturated rings. The van der Waals surface area contributed by atoms with Crippen LogP contribution in [0.3, 0.4) is 0 Å². The first-order valence-electron chi connectivity index (χ1n) is 19.0. The van der Waals surface area contributed by atoms with Gasteiger partial charge in [-0.15, -0.1) is 0 Å². The van der Waals surface area contributed by atoms with E-state index in [0.717, 1.165) is 90.0 Å². The summed E-state index contributed by atoms with van der Waals surface area (Å²) < 4.78 is 5.94. The van der Waals surface area contributed by atoms with Crippen LogP contribution in [0.4, 0.5) is 0 Å². The van der Waals surface area contributed by atoms with Crippen LogP contribution in [0.1, 0.15) is 151 Å². The molecular weight excluding hydrogens is 572 g/mol. The zero-order valence-electron chi connectivity index (χ0n) is 30.4. The SMILES string of the molecule is C=C(C)[C@@H]1CC[C@]2(C(=O)NC(=O)CCCCCCCN)CC[C@]3(C)[C@H](CC[C@@H]4[C@@]5(C)CC[C@H](OC(C)=O)C(C)(C)[C@@H]5CC[C@]43C)[C@@H]12. The summed E-state index contributed by atoms with van der Waals surface area (Å²) in [6.45, 7) is 21.4. The fourth-order valence-electron chi connectivity index (χ4n) is 13.2. The number of nitrogens with two attached hydrogens (primary N) is 1. The second-order valence-corrected chi connectivity index (χ2v) is 18.0. The number of unbranched alkanes of at least 4 members (excludes halogenated alkanes) is 4. The Morgan fingerprint density at radius 1 is 0.783 bits per heavy atom. The summed E-state index contributed by atoms with van der Waals surface area (Å²) in [6.07, 6.45) is 16.0. The third-order valence-electron chi connectivity index (χ3n) is 15.6. The van der Waals surface area contributed by atoms with Crippen molar-refractivity contribution in [2.24, 2.45) is 62.4 Å². The molecule has 0 aromatic rings. The third-order valence-corrected chi connectivity index (χ3v) is 15.6. The molecule has 0 radical (unpaired) electrons. The molecule has 0 heterocycles. The molecule has 6 nitrogen and oxygen atoms in total. The maximum Gasteiger partial charge on any atom is 0.302 e. The number of ether oxygens (including phenoxy) is 1. The molecule has 0 saturated heterocycles. The summed E-state index contributed by atoms with van der Waals surface area (Å²) in [5.41, 5.74) is 6.80. The van der Waals surface area contributed by atoms with E-state index in [1.54, 1.807) is 6.92 Å². The van der Waals surface area contributed by atoms with Crippen LogP contribution < -0.4 is 11.1 Å². The van der Waals surface area contributed by atoms with Gasteiger partial charge in [0, 0.05) is 18.8 Å². The van der Waals surface area contributed by atoms with Crippen LogP contribution in [0.2, 0.25) is 0 Å². The maximum atomic E-state index is 14.3. The molecule has 5 aliphatic rings. The van der Waals surface area contributed by atoms with Gasteiger partial charge in [0.25, 0.3) is 0 Å². The van der Waals surface area contributed by atoms with E-state index in [2.05, 4.69) is 53.4 Å². The number of amides is 2. The molecule has 0 aromatic heterocycles. The zero-order valence-corrected chi connectivity index (χ0v) is 30.4. The Bertz CT molecular complexity index is 1200. The van der Waals surface area contributed by atoms with Crippen LogP contribution in [-0.4, -0.2) is 30.4 Å². The van der Waals surface area contributed by atoms with E-state index in [1.807, 2.05) is 0 Å². The predicted molar refractivity (Wildman–Crippen MR) is 184 cm³/mol. The Balaban J connectivity index is 1.38. The summed E-state index contributed by atoms with van der Waals surface area (Å²) >= 11 is 0. The smallest absolute Gasteiger partial charge is 0.302 e. The van der Waals surface area contributed by atoms with Gasteiger partial charge in [-0.3, -0.25) is 19.7 Å². The first kappa shape index (κ1) is 35.6. The van der Waals surface area contributed by atoms with Crippen molar-refractivity contribution in [1.29, 1.82) is 0 Å². The van der Waals surface area contributed by atoms with E-state index < -0.39 is 5.41 Å². The summed E-state index contributed by atoms with van der Waals surface area (Å²) in [5, 5.41) is 2.95. The Hall–Kier alpha value is -1.69. The number of hydrogen-bond acceptors (Lipinski definition) is 5. The lowest BCUT2D eigenvalue weighted by Crippen LogP contribution is -2.67. The highest BCUT2D eigenvalue weighted by Gasteiger charge is 2.72. The van der Waals surface area contributed by atoms with Gasteiger partial charge in [-0.1, -0.05) is 66.0 Å². The Morgan fingerprint density at radius 3 is 2.15 bits per heavy atom. The molecule has 46 heavy (non-hydrogen) atoms. The second-order valence-electron chi connectivity index (χ2n) is 18.0. The van der Waals surface area contributed by atoms with Gasteiger partial charge in [0.1, 0.15) is 6.10 Å². The molecule has 2 amide bonds. The van der Waals surface area contributed by atoms with E-state index in [1.165, 1.54) is 18.4 Å². The van der Waals surface area contributed by atoms with Gasteiger partial charge in [0.15, 0.2) is 0 Å². The number of esters is 1. The van der Waals surface area contributed by atoms with Crippen molar-refractivity contribution in [2.45, 2.75) is 157 Å². The fraction of sp³-hybridized carbons (Fsp3) is 0.875. The van der Waals surface area contributed by atoms with Crippen LogP contribution in [0.5, 0.6) is 0 Å². The average molecular weight is 639 g/mol. The fourth-order valence-corrected chi connectivity index (χ4v) is 13.2. The molecular formula is C40H66N2O4. The standard InChI is InChI=1S/C40H66N2O4/c1-26(2)28-17-22-40(35(45)42-33(44)14-12-10-9-11-13-25-41)24-23-38(7)29(34(28)40)15-16-31-37(6)20-19-32(46-27(3)43)36(4,5)30(37)18-21-39(31,38)8/h28-32,34H,1,9-25,41H2,2-8H3,(H,42,44,45)/t28-,29+,30-,31+,32-,34+,37-,38+,39+,40-/m0/s1. The molecule has 5 saturated carbocycles. The second kappa shape index (κ2) is 13.0. The zero-order chi connectivity index (χ0) is 33.7. The highest BCUT2D eigenvalue weighted by Crippen LogP contribution is 2.77. The number of carbonyl (C=O) groups is 3. The average Bonchev–Trinajstić information content (AvgIpc) is 3.38. The van der Waals surface area contributed by atoms with Gasteiger partial charge in [-0.05, 0) is 136 Å². The van der Waals surface area contributed by atoms with Gasteiger partial charge in [0.2, 0.25) is 11.8 Å². The normalized spacial score (nSPS) is 42.5. The molecule has 10 atom stereocenters. The number of rotatable bonds is 10. The molecule has 0 aliphatic heterocycles. The van der Waals surface area contributed by atoms with Crippen molar-refractivity contribution in [3.05, 3.63) is 12.2 Å². The lowest BCUT2D eigenvalue weighted by atomic mass is 9.32. The van der Waals surface area contributed by atoms with E-state index in [4.69, 9.17) is 10.5 Å². The van der Waals surface area contributed by atoms with Crippen LogP contribution in [-0.2, 0) is 19.1 Å². The van der Waals surface area contributed by atoms with Crippen LogP contribution in [0.15, 0.2) is 12.2 Å². The minimum atomic E-state index is -0.473. The van der Waals surface area contributed by atoms with Gasteiger partial charge >= 0.3 is 5.97 Å². The number of carbonyl (C=O) groups excluding carboxylic acids is 3. The molecule has 5 aliphatic carbocycles. The first-order valence-corrected chi connectivity index (χ1v) is 19.0. The van der Waals surface area contributed by atoms with Crippen molar-refractivity contribution >= 4 is 17.8 Å². The van der Waals surface area contributed by atoms with Gasteiger partial charge in [-0.2, -0.15) is 0 Å². The summed E-state index contributed by atoms with van der Waals surface area (Å²) in [7, 11) is 0. The van der Waals surface area contributed by atoms with Crippen molar-refractivity contribution in [3.63, 3.8) is 0 Å². The van der Waals surface area contributed by atoms with E-state index >= 15 is 0 Å². The molecule has 3 N–H and O–H groups in total. The van der Waals surface area contributed by atoms with Gasteiger partial charge in [0.05, 0.1) is 5.41 Å². The molecule has 0 aromatic carbocycles. The molecule has 0 spiro atoms. The number of imide groups is 1. The maximum absolute atomic E-state index is 14.3. The number of hydrogen-bond donors (Lipinski definition) is 2. The van der Waals surface area contributed by atoms with Crippen LogP contribution in [0.25, 0.3) is 0 Å². The van der Waals surface area contributed by atoms with Crippen molar-refractivity contribution in [2.75, 3.05) is 6.54 Å². The Kier molecular flexibility index (Phi) is 10.0. The molecule has 0 unspecified atom stereocenters. The quantitative estimate of drug-likeness (QED) is 0.142. The molecule has 0 bridgehead atoms. The highest BCUT2D eigenvalue weighted by molar-refractivity contribution is 5.98. The minimum Gasteiger partial charge on any atom is -0.462 e. The lowest BCUT2D eigenvalue weighted by molar-refractivity contribution is -0.248. The van der Waals surface area contributed by atoms with Crippen LogP contribution >= 0.6 is 0 Å². The summed E-state index contributed by atoms with van der Waals surface area (Å²) in [6, 6.07) is 0. The largest absolute Gasteiger partial charge is 0.462 e. The third kappa shape index (κ3) is 5.62. The lowest BCUT2D eigenvalue weighted by Gasteiger charge is -2.72. The summed E-state index contributed by atoms with van der Waals surface area (Å²) in [5.74, 6) is 1.89. The molecule has 260 valence electrons. The monoisotopic (exact) mass is 639 g/mol. The molecule has 5 rings (SSSR count). The van der Waals surface area contributed by atoms with Crippen molar-refractivity contribution in [3.8, 4) is 0 Å². The van der Waals surface area contributed by atoms with E-state index in [9.17, 15) is 14.4 Å². The van der Waals surface area contributed by atoms with Gasteiger partial charge in [-0.25, -0.2) is 0 Å². The minimum absolute atomic E-state index is 0.00456.